The number of aromatic nitrogens is 5. The minimum Gasteiger partial charge on any atom is -0.378 e. The highest BCUT2D eigenvalue weighted by Crippen LogP contribution is 2.36. The minimum absolute atomic E-state index is 0.0554. The van der Waals surface area contributed by atoms with Crippen LogP contribution in [-0.2, 0) is 23.1 Å². The Kier molecular flexibility index (Phi) is 5.73. The average molecular weight is 511 g/mol. The summed E-state index contributed by atoms with van der Waals surface area (Å²) >= 11 is 0. The maximum Gasteiger partial charge on any atom is 0.329 e. The molecule has 0 saturated heterocycles. The van der Waals surface area contributed by atoms with Crippen molar-refractivity contribution in [3.05, 3.63) is 58.5 Å². The van der Waals surface area contributed by atoms with Gasteiger partial charge < -0.3 is 9.67 Å². The number of aliphatic hydroxyl groups excluding tert-OH is 1. The van der Waals surface area contributed by atoms with Crippen molar-refractivity contribution in [2.75, 3.05) is 0 Å². The number of aryl methyl sites for hydroxylation is 2. The number of pyridine rings is 1. The van der Waals surface area contributed by atoms with Crippen LogP contribution in [0, 0.1) is 6.92 Å². The van der Waals surface area contributed by atoms with Crippen molar-refractivity contribution in [2.45, 2.75) is 76.1 Å². The van der Waals surface area contributed by atoms with Gasteiger partial charge in [-0.2, -0.15) is 4.72 Å². The van der Waals surface area contributed by atoms with Gasteiger partial charge in [-0.25, -0.2) is 18.2 Å². The van der Waals surface area contributed by atoms with Crippen LogP contribution in [0.2, 0.25) is 0 Å². The number of hydrogen-bond donors (Lipinski definition) is 2. The second kappa shape index (κ2) is 8.82. The molecule has 1 unspecified atom stereocenters. The van der Waals surface area contributed by atoms with Crippen LogP contribution >= 0.6 is 0 Å². The molecule has 1 atom stereocenters. The van der Waals surface area contributed by atoms with Gasteiger partial charge in [0.05, 0.1) is 40.1 Å². The topological polar surface area (TPSA) is 124 Å². The zero-order valence-electron chi connectivity index (χ0n) is 20.2. The summed E-state index contributed by atoms with van der Waals surface area (Å²) in [4.78, 5) is 22.5. The van der Waals surface area contributed by atoms with E-state index in [0.29, 0.717) is 32.4 Å². The van der Waals surface area contributed by atoms with Gasteiger partial charge in [0.15, 0.2) is 0 Å². The summed E-state index contributed by atoms with van der Waals surface area (Å²) in [5, 5.41) is 9.92. The van der Waals surface area contributed by atoms with Crippen molar-refractivity contribution < 1.29 is 13.5 Å². The van der Waals surface area contributed by atoms with Gasteiger partial charge in [0, 0.05) is 18.8 Å². The fourth-order valence-electron chi connectivity index (χ4n) is 4.93. The highest BCUT2D eigenvalue weighted by molar-refractivity contribution is 7.90. The fourth-order valence-corrected chi connectivity index (χ4v) is 6.38. The lowest BCUT2D eigenvalue weighted by Crippen LogP contribution is -2.36. The molecule has 0 bridgehead atoms. The van der Waals surface area contributed by atoms with Crippen LogP contribution in [0.4, 0.5) is 0 Å². The largest absolute Gasteiger partial charge is 0.378 e. The second-order valence-corrected chi connectivity index (χ2v) is 12.0. The number of aliphatic hydroxyl groups is 1. The quantitative estimate of drug-likeness (QED) is 0.316. The summed E-state index contributed by atoms with van der Waals surface area (Å²) in [6.07, 6.45) is 6.46. The van der Waals surface area contributed by atoms with Crippen LogP contribution in [0.1, 0.15) is 56.0 Å². The third-order valence-electron chi connectivity index (χ3n) is 7.08. The average Bonchev–Trinajstić information content (AvgIpc) is 3.75. The Hall–Kier alpha value is -3.02. The van der Waals surface area contributed by atoms with Gasteiger partial charge in [0.1, 0.15) is 12.1 Å². The Morgan fingerprint density at radius 1 is 1.11 bits per heavy atom. The molecule has 3 aromatic heterocycles. The number of nitrogens with zero attached hydrogens (tertiary/aromatic N) is 5. The number of nitrogens with one attached hydrogen (secondary N) is 1. The Labute approximate surface area is 208 Å². The monoisotopic (exact) mass is 510 g/mol. The summed E-state index contributed by atoms with van der Waals surface area (Å²) in [5.41, 5.74) is 4.50. The molecule has 11 heteroatoms. The van der Waals surface area contributed by atoms with E-state index in [1.807, 2.05) is 35.8 Å². The number of rotatable bonds is 10. The van der Waals surface area contributed by atoms with E-state index in [-0.39, 0.29) is 23.4 Å². The van der Waals surface area contributed by atoms with Crippen LogP contribution in [0.25, 0.3) is 22.1 Å². The van der Waals surface area contributed by atoms with Crippen LogP contribution in [-0.4, -0.2) is 48.7 Å². The molecule has 36 heavy (non-hydrogen) atoms. The molecule has 2 saturated carbocycles. The van der Waals surface area contributed by atoms with E-state index >= 15 is 0 Å². The standard InChI is InChI=1S/C25H30N6O4S/c1-16-4-9-20-19(13-16)27-23(29(20)12-2-3-24(32)28-36(34,35)18-7-8-18)15-30-22-14-26-11-10-21(22)31(25(30)33)17-5-6-17/h4,9-11,13-14,17-18,24,28,32H,2-3,5-8,12,15H2,1H3. The molecule has 6 rings (SSSR count). The summed E-state index contributed by atoms with van der Waals surface area (Å²) in [7, 11) is -3.45. The molecule has 2 aliphatic rings. The van der Waals surface area contributed by atoms with Crippen molar-refractivity contribution in [1.82, 2.24) is 28.4 Å². The molecule has 2 fully saturated rings. The SMILES string of the molecule is Cc1ccc2c(c1)nc(Cn1c(=O)n(C3CC3)c3ccncc31)n2CCCC(O)NS(=O)(=O)C1CC1. The van der Waals surface area contributed by atoms with E-state index in [1.54, 1.807) is 17.0 Å². The molecule has 0 aliphatic heterocycles. The molecule has 3 heterocycles. The molecule has 2 aliphatic carbocycles. The fraction of sp³-hybridized carbons (Fsp3) is 0.480. The van der Waals surface area contributed by atoms with Gasteiger partial charge in [-0.05, 0) is 69.2 Å². The Bertz CT molecular complexity index is 1610. The first-order valence-corrected chi connectivity index (χ1v) is 14.1. The highest BCUT2D eigenvalue weighted by Gasteiger charge is 2.36. The molecule has 190 valence electrons. The van der Waals surface area contributed by atoms with Gasteiger partial charge >= 0.3 is 5.69 Å². The van der Waals surface area contributed by atoms with E-state index < -0.39 is 16.3 Å². The first-order chi connectivity index (χ1) is 17.3. The molecule has 4 aromatic rings. The second-order valence-electron chi connectivity index (χ2n) is 10.0. The van der Waals surface area contributed by atoms with E-state index in [0.717, 1.165) is 46.3 Å². The summed E-state index contributed by atoms with van der Waals surface area (Å²) in [6.45, 7) is 2.84. The molecular weight excluding hydrogens is 480 g/mol. The number of fused-ring (bicyclic) bond motifs is 2. The normalized spacial score (nSPS) is 17.3. The summed E-state index contributed by atoms with van der Waals surface area (Å²) < 4.78 is 32.3. The van der Waals surface area contributed by atoms with Crippen molar-refractivity contribution in [1.29, 1.82) is 0 Å². The lowest BCUT2D eigenvalue weighted by atomic mass is 10.2. The molecule has 0 radical (unpaired) electrons. The smallest absolute Gasteiger partial charge is 0.329 e. The zero-order valence-corrected chi connectivity index (χ0v) is 21.0. The molecule has 0 amide bonds. The predicted octanol–water partition coefficient (Wildman–Crippen LogP) is 2.42. The summed E-state index contributed by atoms with van der Waals surface area (Å²) in [6, 6.07) is 8.20. The molecule has 0 spiro atoms. The van der Waals surface area contributed by atoms with Crippen molar-refractivity contribution in [3.63, 3.8) is 0 Å². The van der Waals surface area contributed by atoms with Gasteiger partial charge in [0.2, 0.25) is 10.0 Å². The predicted molar refractivity (Wildman–Crippen MR) is 136 cm³/mol. The highest BCUT2D eigenvalue weighted by atomic mass is 32.2. The van der Waals surface area contributed by atoms with Gasteiger partial charge in [0.25, 0.3) is 0 Å². The number of sulfonamides is 1. The van der Waals surface area contributed by atoms with E-state index in [2.05, 4.69) is 14.3 Å². The first kappa shape index (κ1) is 23.4. The maximum absolute atomic E-state index is 13.4. The number of imidazole rings is 2. The Morgan fingerprint density at radius 2 is 1.92 bits per heavy atom. The van der Waals surface area contributed by atoms with Gasteiger partial charge in [-0.1, -0.05) is 6.07 Å². The lowest BCUT2D eigenvalue weighted by molar-refractivity contribution is 0.149. The third-order valence-corrected chi connectivity index (χ3v) is 9.03. The van der Waals surface area contributed by atoms with Crippen LogP contribution in [0.5, 0.6) is 0 Å². The van der Waals surface area contributed by atoms with E-state index in [1.165, 1.54) is 0 Å². The summed E-state index contributed by atoms with van der Waals surface area (Å²) in [5.74, 6) is 0.740. The third kappa shape index (κ3) is 4.35. The van der Waals surface area contributed by atoms with Crippen LogP contribution in [0.15, 0.2) is 41.5 Å². The Morgan fingerprint density at radius 3 is 2.67 bits per heavy atom. The van der Waals surface area contributed by atoms with Crippen LogP contribution in [0.3, 0.4) is 0 Å². The van der Waals surface area contributed by atoms with Crippen LogP contribution < -0.4 is 10.4 Å². The molecule has 2 N–H and O–H groups in total. The van der Waals surface area contributed by atoms with Gasteiger partial charge in [-0.3, -0.25) is 14.1 Å². The first-order valence-electron chi connectivity index (χ1n) is 12.5. The van der Waals surface area contributed by atoms with E-state index in [4.69, 9.17) is 4.98 Å². The molecule has 10 nitrogen and oxygen atoms in total. The van der Waals surface area contributed by atoms with E-state index in [9.17, 15) is 18.3 Å². The molecular formula is C25H30N6O4S. The lowest BCUT2D eigenvalue weighted by Gasteiger charge is -2.14. The van der Waals surface area contributed by atoms with Gasteiger partial charge in [-0.15, -0.1) is 0 Å². The van der Waals surface area contributed by atoms with Crippen molar-refractivity contribution >= 4 is 32.1 Å². The minimum atomic E-state index is -3.45. The zero-order chi connectivity index (χ0) is 25.0. The number of hydrogen-bond acceptors (Lipinski definition) is 6. The molecule has 1 aromatic carbocycles. The van der Waals surface area contributed by atoms with Crippen molar-refractivity contribution in [3.8, 4) is 0 Å². The maximum atomic E-state index is 13.4. The number of benzene rings is 1. The Balaban J connectivity index is 1.29. The van der Waals surface area contributed by atoms with Crippen molar-refractivity contribution in [2.24, 2.45) is 0 Å².